The molecule has 1 aromatic rings. The highest BCUT2D eigenvalue weighted by atomic mass is 19.4. The van der Waals surface area contributed by atoms with E-state index in [2.05, 4.69) is 10.1 Å². The third-order valence-corrected chi connectivity index (χ3v) is 2.88. The molecule has 0 spiro atoms. The van der Waals surface area contributed by atoms with Crippen LogP contribution in [-0.4, -0.2) is 24.6 Å². The molecular weight excluding hydrogens is 271 g/mol. The molecule has 0 atom stereocenters. The predicted molar refractivity (Wildman–Crippen MR) is 70.3 cm³/mol. The summed E-state index contributed by atoms with van der Waals surface area (Å²) in [6, 6.07) is 5.77. The fraction of sp³-hybridized carbons (Fsp3) is 0.571. The Hall–Kier alpha value is -1.27. The second kappa shape index (κ2) is 6.95. The highest BCUT2D eigenvalue weighted by molar-refractivity contribution is 5.27. The summed E-state index contributed by atoms with van der Waals surface area (Å²) in [5, 5.41) is 12.1. The smallest absolute Gasteiger partial charge is 0.406 e. The number of ether oxygens (including phenoxy) is 1. The van der Waals surface area contributed by atoms with E-state index in [1.165, 1.54) is 12.1 Å². The average Bonchev–Trinajstić information content (AvgIpc) is 2.29. The van der Waals surface area contributed by atoms with Crippen molar-refractivity contribution in [3.63, 3.8) is 0 Å². The Balaban J connectivity index is 2.42. The zero-order chi connectivity index (χ0) is 15.2. The van der Waals surface area contributed by atoms with Crippen molar-refractivity contribution >= 4 is 0 Å². The zero-order valence-electron chi connectivity index (χ0n) is 11.6. The number of nitrogens with one attached hydrogen (secondary N) is 1. The van der Waals surface area contributed by atoms with E-state index in [4.69, 9.17) is 5.11 Å². The maximum absolute atomic E-state index is 12.0. The van der Waals surface area contributed by atoms with Crippen molar-refractivity contribution in [3.8, 4) is 5.75 Å². The standard InChI is InChI=1S/C14H20F3NO2/c1-13(2,7-8-19)10-18-9-11-3-5-12(6-4-11)20-14(15,16)17/h3-6,18-19H,7-10H2,1-2H3. The van der Waals surface area contributed by atoms with Gasteiger partial charge in [0.05, 0.1) is 0 Å². The van der Waals surface area contributed by atoms with E-state index in [1.807, 2.05) is 13.8 Å². The van der Waals surface area contributed by atoms with Crippen molar-refractivity contribution in [2.45, 2.75) is 33.2 Å². The summed E-state index contributed by atoms with van der Waals surface area (Å²) in [7, 11) is 0. The van der Waals surface area contributed by atoms with Crippen LogP contribution in [0, 0.1) is 5.41 Å². The van der Waals surface area contributed by atoms with Gasteiger partial charge in [-0.05, 0) is 29.5 Å². The number of alkyl halides is 3. The van der Waals surface area contributed by atoms with Crippen molar-refractivity contribution in [1.29, 1.82) is 0 Å². The highest BCUT2D eigenvalue weighted by Gasteiger charge is 2.30. The van der Waals surface area contributed by atoms with E-state index in [-0.39, 0.29) is 17.8 Å². The van der Waals surface area contributed by atoms with Crippen LogP contribution in [0.2, 0.25) is 0 Å². The Morgan fingerprint density at radius 1 is 1.15 bits per heavy atom. The molecule has 0 aliphatic heterocycles. The number of rotatable bonds is 7. The molecule has 3 nitrogen and oxygen atoms in total. The summed E-state index contributed by atoms with van der Waals surface area (Å²) >= 11 is 0. The molecule has 0 aromatic heterocycles. The molecule has 0 unspecified atom stereocenters. The first-order valence-electron chi connectivity index (χ1n) is 6.38. The van der Waals surface area contributed by atoms with Crippen LogP contribution < -0.4 is 10.1 Å². The maximum Gasteiger partial charge on any atom is 0.573 e. The minimum absolute atomic E-state index is 0.0198. The molecule has 0 aliphatic carbocycles. The van der Waals surface area contributed by atoms with Gasteiger partial charge < -0.3 is 15.2 Å². The summed E-state index contributed by atoms with van der Waals surface area (Å²) in [5.74, 6) is -0.220. The van der Waals surface area contributed by atoms with Crippen LogP contribution in [0.1, 0.15) is 25.8 Å². The topological polar surface area (TPSA) is 41.5 Å². The van der Waals surface area contributed by atoms with Crippen LogP contribution in [0.15, 0.2) is 24.3 Å². The number of benzene rings is 1. The molecule has 0 saturated heterocycles. The van der Waals surface area contributed by atoms with Crippen molar-refractivity contribution in [3.05, 3.63) is 29.8 Å². The average molecular weight is 291 g/mol. The minimum Gasteiger partial charge on any atom is -0.406 e. The van der Waals surface area contributed by atoms with E-state index in [9.17, 15) is 13.2 Å². The van der Waals surface area contributed by atoms with Crippen molar-refractivity contribution < 1.29 is 23.0 Å². The van der Waals surface area contributed by atoms with Gasteiger partial charge in [-0.1, -0.05) is 26.0 Å². The lowest BCUT2D eigenvalue weighted by Gasteiger charge is -2.24. The van der Waals surface area contributed by atoms with E-state index < -0.39 is 6.36 Å². The zero-order valence-corrected chi connectivity index (χ0v) is 11.6. The quantitative estimate of drug-likeness (QED) is 0.811. The van der Waals surface area contributed by atoms with Gasteiger partial charge in [0, 0.05) is 19.7 Å². The molecule has 114 valence electrons. The summed E-state index contributed by atoms with van der Waals surface area (Å²) < 4.78 is 39.8. The third-order valence-electron chi connectivity index (χ3n) is 2.88. The first kappa shape index (κ1) is 16.8. The van der Waals surface area contributed by atoms with Gasteiger partial charge in [-0.2, -0.15) is 0 Å². The van der Waals surface area contributed by atoms with Crippen LogP contribution in [-0.2, 0) is 6.54 Å². The first-order valence-corrected chi connectivity index (χ1v) is 6.38. The molecule has 2 N–H and O–H groups in total. The molecular formula is C14H20F3NO2. The second-order valence-electron chi connectivity index (χ2n) is 5.43. The van der Waals surface area contributed by atoms with Crippen LogP contribution in [0.5, 0.6) is 5.75 Å². The van der Waals surface area contributed by atoms with Crippen molar-refractivity contribution in [2.24, 2.45) is 5.41 Å². The fourth-order valence-corrected chi connectivity index (χ4v) is 1.75. The van der Waals surface area contributed by atoms with Gasteiger partial charge in [-0.3, -0.25) is 0 Å². The monoisotopic (exact) mass is 291 g/mol. The van der Waals surface area contributed by atoms with Crippen molar-refractivity contribution in [1.82, 2.24) is 5.32 Å². The van der Waals surface area contributed by atoms with E-state index in [0.29, 0.717) is 19.5 Å². The Morgan fingerprint density at radius 2 is 1.75 bits per heavy atom. The summed E-state index contributed by atoms with van der Waals surface area (Å²) in [6.45, 7) is 5.49. The second-order valence-corrected chi connectivity index (χ2v) is 5.43. The normalized spacial score (nSPS) is 12.5. The number of aliphatic hydroxyl groups excluding tert-OH is 1. The molecule has 1 aromatic carbocycles. The molecule has 6 heteroatoms. The number of aliphatic hydroxyl groups is 1. The van der Waals surface area contributed by atoms with Crippen LogP contribution in [0.25, 0.3) is 0 Å². The Bertz CT molecular complexity index is 402. The Kier molecular flexibility index (Phi) is 5.83. The van der Waals surface area contributed by atoms with Crippen molar-refractivity contribution in [2.75, 3.05) is 13.2 Å². The lowest BCUT2D eigenvalue weighted by molar-refractivity contribution is -0.274. The summed E-state index contributed by atoms with van der Waals surface area (Å²) in [5.41, 5.74) is 0.855. The fourth-order valence-electron chi connectivity index (χ4n) is 1.75. The lowest BCUT2D eigenvalue weighted by atomic mass is 9.90. The molecule has 0 amide bonds. The van der Waals surface area contributed by atoms with Gasteiger partial charge in [-0.15, -0.1) is 13.2 Å². The molecule has 1 rings (SSSR count). The lowest BCUT2D eigenvalue weighted by Crippen LogP contribution is -2.29. The van der Waals surface area contributed by atoms with Crippen LogP contribution in [0.3, 0.4) is 0 Å². The molecule has 0 fully saturated rings. The minimum atomic E-state index is -4.66. The van der Waals surface area contributed by atoms with Gasteiger partial charge in [0.15, 0.2) is 0 Å². The third kappa shape index (κ3) is 6.77. The number of halogens is 3. The van der Waals surface area contributed by atoms with Crippen LogP contribution >= 0.6 is 0 Å². The highest BCUT2D eigenvalue weighted by Crippen LogP contribution is 2.23. The van der Waals surface area contributed by atoms with Gasteiger partial charge >= 0.3 is 6.36 Å². The molecule has 0 heterocycles. The van der Waals surface area contributed by atoms with Gasteiger partial charge in [-0.25, -0.2) is 0 Å². The Labute approximate surface area is 116 Å². The Morgan fingerprint density at radius 3 is 2.25 bits per heavy atom. The maximum atomic E-state index is 12.0. The molecule has 0 bridgehead atoms. The number of hydrogen-bond donors (Lipinski definition) is 2. The van der Waals surface area contributed by atoms with E-state index in [0.717, 1.165) is 5.56 Å². The molecule has 0 saturated carbocycles. The van der Waals surface area contributed by atoms with E-state index in [1.54, 1.807) is 12.1 Å². The summed E-state index contributed by atoms with van der Waals surface area (Å²) in [6.07, 6.45) is -3.97. The first-order chi connectivity index (χ1) is 9.22. The summed E-state index contributed by atoms with van der Waals surface area (Å²) in [4.78, 5) is 0. The predicted octanol–water partition coefficient (Wildman–Crippen LogP) is 3.08. The molecule has 0 aliphatic rings. The number of hydrogen-bond acceptors (Lipinski definition) is 3. The van der Waals surface area contributed by atoms with Gasteiger partial charge in [0.2, 0.25) is 0 Å². The molecule has 0 radical (unpaired) electrons. The van der Waals surface area contributed by atoms with Gasteiger partial charge in [0.25, 0.3) is 0 Å². The van der Waals surface area contributed by atoms with E-state index >= 15 is 0 Å². The molecule has 20 heavy (non-hydrogen) atoms. The SMILES string of the molecule is CC(C)(CCO)CNCc1ccc(OC(F)(F)F)cc1. The van der Waals surface area contributed by atoms with Crippen LogP contribution in [0.4, 0.5) is 13.2 Å². The largest absolute Gasteiger partial charge is 0.573 e. The van der Waals surface area contributed by atoms with Gasteiger partial charge in [0.1, 0.15) is 5.75 Å².